The maximum atomic E-state index is 12.3. The van der Waals surface area contributed by atoms with E-state index in [0.29, 0.717) is 13.0 Å². The molecule has 1 heterocycles. The van der Waals surface area contributed by atoms with E-state index in [9.17, 15) is 9.59 Å². The van der Waals surface area contributed by atoms with Gasteiger partial charge >= 0.3 is 5.97 Å². The third-order valence-electron chi connectivity index (χ3n) is 3.75. The molecule has 5 heteroatoms. The van der Waals surface area contributed by atoms with Crippen molar-refractivity contribution in [2.75, 3.05) is 0 Å². The number of carbonyl (C=O) groups is 2. The third-order valence-corrected chi connectivity index (χ3v) is 3.75. The van der Waals surface area contributed by atoms with Crippen molar-refractivity contribution in [3.05, 3.63) is 30.1 Å². The van der Waals surface area contributed by atoms with Gasteiger partial charge in [0, 0.05) is 12.2 Å². The molecule has 2 aliphatic rings. The van der Waals surface area contributed by atoms with Crippen molar-refractivity contribution >= 4 is 11.9 Å². The Hall–Kier alpha value is -1.91. The van der Waals surface area contributed by atoms with E-state index in [1.807, 2.05) is 23.1 Å². The Morgan fingerprint density at radius 1 is 1.32 bits per heavy atom. The number of aromatic nitrogens is 1. The number of carboxylic acid groups (broad SMARTS) is 1. The summed E-state index contributed by atoms with van der Waals surface area (Å²) < 4.78 is 0. The van der Waals surface area contributed by atoms with Crippen molar-refractivity contribution in [2.24, 2.45) is 11.8 Å². The average molecular weight is 260 g/mol. The lowest BCUT2D eigenvalue weighted by molar-refractivity contribution is -0.142. The minimum atomic E-state index is -0.855. The van der Waals surface area contributed by atoms with E-state index in [-0.39, 0.29) is 17.9 Å². The molecule has 0 unspecified atom stereocenters. The third kappa shape index (κ3) is 2.59. The SMILES string of the molecule is O=C(O)[C@H]1C[C@H]1C(=O)N(Cc1ccccn1)C1CC1. The van der Waals surface area contributed by atoms with Crippen LogP contribution in [0.25, 0.3) is 0 Å². The van der Waals surface area contributed by atoms with E-state index in [2.05, 4.69) is 4.98 Å². The Kier molecular flexibility index (Phi) is 2.97. The molecule has 5 nitrogen and oxygen atoms in total. The molecule has 3 rings (SSSR count). The molecule has 1 amide bonds. The van der Waals surface area contributed by atoms with E-state index < -0.39 is 11.9 Å². The summed E-state index contributed by atoms with van der Waals surface area (Å²) in [6.07, 6.45) is 4.23. The lowest BCUT2D eigenvalue weighted by Crippen LogP contribution is -2.34. The van der Waals surface area contributed by atoms with Crippen LogP contribution < -0.4 is 0 Å². The van der Waals surface area contributed by atoms with Crippen LogP contribution in [0.2, 0.25) is 0 Å². The molecule has 2 fully saturated rings. The Morgan fingerprint density at radius 2 is 2.11 bits per heavy atom. The maximum absolute atomic E-state index is 12.3. The van der Waals surface area contributed by atoms with Crippen LogP contribution in [0, 0.1) is 11.8 Å². The summed E-state index contributed by atoms with van der Waals surface area (Å²) in [5.41, 5.74) is 0.857. The van der Waals surface area contributed by atoms with Crippen LogP contribution in [-0.2, 0) is 16.1 Å². The van der Waals surface area contributed by atoms with Crippen molar-refractivity contribution in [3.8, 4) is 0 Å². The van der Waals surface area contributed by atoms with Gasteiger partial charge in [-0.2, -0.15) is 0 Å². The zero-order valence-corrected chi connectivity index (χ0v) is 10.5. The summed E-state index contributed by atoms with van der Waals surface area (Å²) in [5, 5.41) is 8.92. The summed E-state index contributed by atoms with van der Waals surface area (Å²) in [7, 11) is 0. The number of hydrogen-bond donors (Lipinski definition) is 1. The van der Waals surface area contributed by atoms with Gasteiger partial charge in [-0.15, -0.1) is 0 Å². The van der Waals surface area contributed by atoms with Crippen molar-refractivity contribution in [3.63, 3.8) is 0 Å². The Balaban J connectivity index is 1.68. The molecule has 1 aromatic rings. The summed E-state index contributed by atoms with van der Waals surface area (Å²) in [5.74, 6) is -1.66. The van der Waals surface area contributed by atoms with Gasteiger partial charge in [0.05, 0.1) is 24.1 Å². The Bertz CT molecular complexity index is 499. The second kappa shape index (κ2) is 4.64. The highest BCUT2D eigenvalue weighted by Gasteiger charge is 2.51. The molecule has 19 heavy (non-hydrogen) atoms. The highest BCUT2D eigenvalue weighted by molar-refractivity contribution is 5.89. The fourth-order valence-electron chi connectivity index (χ4n) is 2.39. The first-order valence-corrected chi connectivity index (χ1v) is 6.60. The first-order chi connectivity index (χ1) is 9.16. The van der Waals surface area contributed by atoms with Gasteiger partial charge in [-0.3, -0.25) is 14.6 Å². The van der Waals surface area contributed by atoms with Crippen LogP contribution in [0.4, 0.5) is 0 Å². The highest BCUT2D eigenvalue weighted by atomic mass is 16.4. The maximum Gasteiger partial charge on any atom is 0.307 e. The number of amides is 1. The van der Waals surface area contributed by atoms with E-state index in [4.69, 9.17) is 5.11 Å². The molecule has 2 aliphatic carbocycles. The van der Waals surface area contributed by atoms with Gasteiger partial charge in [-0.05, 0) is 31.4 Å². The quantitative estimate of drug-likeness (QED) is 0.866. The van der Waals surface area contributed by atoms with Gasteiger partial charge in [-0.25, -0.2) is 0 Å². The van der Waals surface area contributed by atoms with Gasteiger partial charge in [0.15, 0.2) is 0 Å². The molecular weight excluding hydrogens is 244 g/mol. The van der Waals surface area contributed by atoms with E-state index in [1.54, 1.807) is 6.20 Å². The van der Waals surface area contributed by atoms with Crippen LogP contribution in [0.5, 0.6) is 0 Å². The molecule has 0 spiro atoms. The predicted octanol–water partition coefficient (Wildman–Crippen LogP) is 1.29. The number of carbonyl (C=O) groups excluding carboxylic acids is 1. The second-order valence-electron chi connectivity index (χ2n) is 5.31. The van der Waals surface area contributed by atoms with Gasteiger partial charge in [0.2, 0.25) is 5.91 Å². The zero-order chi connectivity index (χ0) is 13.4. The molecule has 0 aliphatic heterocycles. The second-order valence-corrected chi connectivity index (χ2v) is 5.31. The van der Waals surface area contributed by atoms with Gasteiger partial charge in [0.1, 0.15) is 0 Å². The molecule has 2 saturated carbocycles. The molecule has 0 bridgehead atoms. The van der Waals surface area contributed by atoms with Crippen LogP contribution >= 0.6 is 0 Å². The van der Waals surface area contributed by atoms with Crippen molar-refractivity contribution < 1.29 is 14.7 Å². The lowest BCUT2D eigenvalue weighted by atomic mass is 10.2. The number of carboxylic acids is 1. The standard InChI is InChI=1S/C14H16N2O3/c17-13(11-7-12(11)14(18)19)16(10-4-5-10)8-9-3-1-2-6-15-9/h1-3,6,10-12H,4-5,7-8H2,(H,18,19)/t11-,12+/m1/s1. The monoisotopic (exact) mass is 260 g/mol. The Morgan fingerprint density at radius 3 is 2.63 bits per heavy atom. The summed E-state index contributed by atoms with van der Waals surface area (Å²) in [6, 6.07) is 5.91. The highest BCUT2D eigenvalue weighted by Crippen LogP contribution is 2.42. The van der Waals surface area contributed by atoms with E-state index in [1.165, 1.54) is 0 Å². The molecular formula is C14H16N2O3. The molecule has 1 aromatic heterocycles. The number of hydrogen-bond acceptors (Lipinski definition) is 3. The van der Waals surface area contributed by atoms with E-state index in [0.717, 1.165) is 18.5 Å². The number of pyridine rings is 1. The van der Waals surface area contributed by atoms with Crippen LogP contribution in [0.1, 0.15) is 25.0 Å². The van der Waals surface area contributed by atoms with E-state index >= 15 is 0 Å². The lowest BCUT2D eigenvalue weighted by Gasteiger charge is -2.22. The number of aliphatic carboxylic acids is 1. The smallest absolute Gasteiger partial charge is 0.307 e. The molecule has 2 atom stereocenters. The van der Waals surface area contributed by atoms with Crippen molar-refractivity contribution in [1.29, 1.82) is 0 Å². The number of nitrogens with zero attached hydrogens (tertiary/aromatic N) is 2. The van der Waals surface area contributed by atoms with Crippen molar-refractivity contribution in [2.45, 2.75) is 31.8 Å². The van der Waals surface area contributed by atoms with Crippen LogP contribution in [0.3, 0.4) is 0 Å². The summed E-state index contributed by atoms with van der Waals surface area (Å²) >= 11 is 0. The fraction of sp³-hybridized carbons (Fsp3) is 0.500. The molecule has 0 saturated heterocycles. The average Bonchev–Trinajstić information content (AvgIpc) is 3.29. The van der Waals surface area contributed by atoms with Gasteiger partial charge in [-0.1, -0.05) is 6.07 Å². The largest absolute Gasteiger partial charge is 0.481 e. The normalized spacial score (nSPS) is 24.8. The minimum Gasteiger partial charge on any atom is -0.481 e. The molecule has 1 N–H and O–H groups in total. The Labute approximate surface area is 111 Å². The predicted molar refractivity (Wildman–Crippen MR) is 67.0 cm³/mol. The summed E-state index contributed by atoms with van der Waals surface area (Å²) in [6.45, 7) is 0.493. The number of rotatable bonds is 5. The zero-order valence-electron chi connectivity index (χ0n) is 10.5. The fourth-order valence-corrected chi connectivity index (χ4v) is 2.39. The molecule has 100 valence electrons. The first-order valence-electron chi connectivity index (χ1n) is 6.60. The van der Waals surface area contributed by atoms with Crippen LogP contribution in [-0.4, -0.2) is 32.9 Å². The summed E-state index contributed by atoms with van der Waals surface area (Å²) in [4.78, 5) is 29.3. The molecule has 0 aromatic carbocycles. The van der Waals surface area contributed by atoms with Crippen LogP contribution in [0.15, 0.2) is 24.4 Å². The first kappa shape index (κ1) is 12.1. The topological polar surface area (TPSA) is 70.5 Å². The van der Waals surface area contributed by atoms with Crippen molar-refractivity contribution in [1.82, 2.24) is 9.88 Å². The van der Waals surface area contributed by atoms with Gasteiger partial charge in [0.25, 0.3) is 0 Å². The molecule has 0 radical (unpaired) electrons. The minimum absolute atomic E-state index is 0.0134. The van der Waals surface area contributed by atoms with Gasteiger partial charge < -0.3 is 10.0 Å².